The standard InChI is InChI=1S/C15H18FNO3/c1-9-5-6-11(16)10(8-9)13(18)17-12-4-3-7-15(12,2)14(19)20/h5-6,8,12H,3-4,7H2,1-2H3,(H,17,18)(H,19,20). The maximum Gasteiger partial charge on any atom is 0.311 e. The van der Waals surface area contributed by atoms with Crippen LogP contribution in [0, 0.1) is 18.2 Å². The molecule has 0 aromatic heterocycles. The summed E-state index contributed by atoms with van der Waals surface area (Å²) in [5.74, 6) is -2.07. The summed E-state index contributed by atoms with van der Waals surface area (Å²) in [5, 5.41) is 12.0. The molecule has 1 aliphatic carbocycles. The highest BCUT2D eigenvalue weighted by Crippen LogP contribution is 2.38. The molecule has 1 saturated carbocycles. The summed E-state index contributed by atoms with van der Waals surface area (Å²) in [6, 6.07) is 3.84. The largest absolute Gasteiger partial charge is 0.481 e. The van der Waals surface area contributed by atoms with Gasteiger partial charge in [0, 0.05) is 6.04 Å². The van der Waals surface area contributed by atoms with Crippen LogP contribution in [-0.2, 0) is 4.79 Å². The highest BCUT2D eigenvalue weighted by atomic mass is 19.1. The van der Waals surface area contributed by atoms with Crippen LogP contribution >= 0.6 is 0 Å². The fourth-order valence-electron chi connectivity index (χ4n) is 2.70. The van der Waals surface area contributed by atoms with E-state index >= 15 is 0 Å². The predicted molar refractivity (Wildman–Crippen MR) is 72.0 cm³/mol. The van der Waals surface area contributed by atoms with E-state index in [4.69, 9.17) is 0 Å². The molecule has 1 aromatic rings. The first-order valence-corrected chi connectivity index (χ1v) is 6.65. The van der Waals surface area contributed by atoms with Gasteiger partial charge in [-0.1, -0.05) is 18.1 Å². The second-order valence-corrected chi connectivity index (χ2v) is 5.62. The number of nitrogens with one attached hydrogen (secondary N) is 1. The first-order valence-electron chi connectivity index (χ1n) is 6.65. The van der Waals surface area contributed by atoms with Gasteiger partial charge < -0.3 is 10.4 Å². The maximum atomic E-state index is 13.7. The minimum Gasteiger partial charge on any atom is -0.481 e. The Hall–Kier alpha value is -1.91. The van der Waals surface area contributed by atoms with Gasteiger partial charge >= 0.3 is 5.97 Å². The van der Waals surface area contributed by atoms with Crippen molar-refractivity contribution in [3.63, 3.8) is 0 Å². The van der Waals surface area contributed by atoms with Gasteiger partial charge in [-0.15, -0.1) is 0 Å². The van der Waals surface area contributed by atoms with Crippen LogP contribution in [0.15, 0.2) is 18.2 Å². The SMILES string of the molecule is Cc1ccc(F)c(C(=O)NC2CCCC2(C)C(=O)O)c1. The van der Waals surface area contributed by atoms with Crippen molar-refractivity contribution in [3.8, 4) is 0 Å². The van der Waals surface area contributed by atoms with Crippen LogP contribution in [0.4, 0.5) is 4.39 Å². The molecule has 20 heavy (non-hydrogen) atoms. The molecular weight excluding hydrogens is 261 g/mol. The van der Waals surface area contributed by atoms with Gasteiger partial charge in [-0.25, -0.2) is 4.39 Å². The van der Waals surface area contributed by atoms with Crippen LogP contribution in [0.5, 0.6) is 0 Å². The zero-order valence-corrected chi connectivity index (χ0v) is 11.6. The summed E-state index contributed by atoms with van der Waals surface area (Å²) in [5.41, 5.74) is -0.232. The Morgan fingerprint density at radius 1 is 1.45 bits per heavy atom. The first kappa shape index (κ1) is 14.5. The highest BCUT2D eigenvalue weighted by molar-refractivity contribution is 5.95. The monoisotopic (exact) mass is 279 g/mol. The van der Waals surface area contributed by atoms with E-state index in [0.717, 1.165) is 12.0 Å². The highest BCUT2D eigenvalue weighted by Gasteiger charge is 2.46. The van der Waals surface area contributed by atoms with E-state index in [2.05, 4.69) is 5.32 Å². The fraction of sp³-hybridized carbons (Fsp3) is 0.467. The number of carboxylic acids is 1. The maximum absolute atomic E-state index is 13.7. The van der Waals surface area contributed by atoms with Crippen molar-refractivity contribution < 1.29 is 19.1 Å². The van der Waals surface area contributed by atoms with Crippen LogP contribution in [0.2, 0.25) is 0 Å². The molecule has 0 spiro atoms. The second kappa shape index (κ2) is 5.23. The number of halogens is 1. The lowest BCUT2D eigenvalue weighted by atomic mass is 9.85. The Balaban J connectivity index is 2.19. The third-order valence-electron chi connectivity index (χ3n) is 4.12. The lowest BCUT2D eigenvalue weighted by Crippen LogP contribution is -2.47. The topological polar surface area (TPSA) is 66.4 Å². The van der Waals surface area contributed by atoms with Crippen LogP contribution in [-0.4, -0.2) is 23.0 Å². The molecule has 0 heterocycles. The van der Waals surface area contributed by atoms with Crippen LogP contribution in [0.25, 0.3) is 0 Å². The van der Waals surface area contributed by atoms with E-state index in [-0.39, 0.29) is 5.56 Å². The molecule has 2 rings (SSSR count). The molecule has 0 saturated heterocycles. The average Bonchev–Trinajstić information content (AvgIpc) is 2.75. The lowest BCUT2D eigenvalue weighted by molar-refractivity contribution is -0.148. The molecule has 1 aromatic carbocycles. The quantitative estimate of drug-likeness (QED) is 0.893. The zero-order valence-electron chi connectivity index (χ0n) is 11.6. The summed E-state index contributed by atoms with van der Waals surface area (Å²) in [6.45, 7) is 3.40. The molecular formula is C15H18FNO3. The summed E-state index contributed by atoms with van der Waals surface area (Å²) >= 11 is 0. The summed E-state index contributed by atoms with van der Waals surface area (Å²) in [4.78, 5) is 23.5. The number of hydrogen-bond acceptors (Lipinski definition) is 2. The van der Waals surface area contributed by atoms with Crippen LogP contribution in [0.1, 0.15) is 42.1 Å². The van der Waals surface area contributed by atoms with E-state index < -0.39 is 29.2 Å². The minimum absolute atomic E-state index is 0.0374. The number of benzene rings is 1. The van der Waals surface area contributed by atoms with Crippen molar-refractivity contribution >= 4 is 11.9 Å². The molecule has 108 valence electrons. The molecule has 1 aliphatic rings. The summed E-state index contributed by atoms with van der Waals surface area (Å²) in [7, 11) is 0. The van der Waals surface area contributed by atoms with Gasteiger partial charge in [-0.3, -0.25) is 9.59 Å². The molecule has 2 unspecified atom stereocenters. The van der Waals surface area contributed by atoms with Gasteiger partial charge in [0.25, 0.3) is 5.91 Å². The average molecular weight is 279 g/mol. The Morgan fingerprint density at radius 2 is 2.15 bits per heavy atom. The van der Waals surface area contributed by atoms with Crippen LogP contribution in [0.3, 0.4) is 0 Å². The minimum atomic E-state index is -0.976. The van der Waals surface area contributed by atoms with E-state index in [1.54, 1.807) is 19.9 Å². The molecule has 2 atom stereocenters. The molecule has 0 radical (unpaired) electrons. The molecule has 2 N–H and O–H groups in total. The van der Waals surface area contributed by atoms with Crippen LogP contribution < -0.4 is 5.32 Å². The van der Waals surface area contributed by atoms with Crippen molar-refractivity contribution in [1.29, 1.82) is 0 Å². The van der Waals surface area contributed by atoms with Gasteiger partial charge in [-0.05, 0) is 38.8 Å². The van der Waals surface area contributed by atoms with Gasteiger partial charge in [0.2, 0.25) is 0 Å². The van der Waals surface area contributed by atoms with Crippen molar-refractivity contribution in [3.05, 3.63) is 35.1 Å². The normalized spacial score (nSPS) is 25.4. The van der Waals surface area contributed by atoms with E-state index in [1.807, 2.05) is 0 Å². The number of carbonyl (C=O) groups excluding carboxylic acids is 1. The number of rotatable bonds is 3. The first-order chi connectivity index (χ1) is 9.34. The smallest absolute Gasteiger partial charge is 0.311 e. The lowest BCUT2D eigenvalue weighted by Gasteiger charge is -2.27. The second-order valence-electron chi connectivity index (χ2n) is 5.62. The zero-order chi connectivity index (χ0) is 14.9. The Labute approximate surface area is 117 Å². The number of hydrogen-bond donors (Lipinski definition) is 2. The van der Waals surface area contributed by atoms with Crippen molar-refractivity contribution in [2.45, 2.75) is 39.2 Å². The summed E-state index contributed by atoms with van der Waals surface area (Å²) < 4.78 is 13.7. The number of amides is 1. The molecule has 1 fully saturated rings. The number of aryl methyl sites for hydroxylation is 1. The van der Waals surface area contributed by atoms with Crippen molar-refractivity contribution in [2.75, 3.05) is 0 Å². The van der Waals surface area contributed by atoms with Crippen molar-refractivity contribution in [2.24, 2.45) is 5.41 Å². The fourth-order valence-corrected chi connectivity index (χ4v) is 2.70. The molecule has 0 aliphatic heterocycles. The molecule has 1 amide bonds. The van der Waals surface area contributed by atoms with Gasteiger partial charge in [0.05, 0.1) is 11.0 Å². The van der Waals surface area contributed by atoms with Gasteiger partial charge in [-0.2, -0.15) is 0 Å². The molecule has 4 nitrogen and oxygen atoms in total. The van der Waals surface area contributed by atoms with Crippen molar-refractivity contribution in [1.82, 2.24) is 5.32 Å². The number of aliphatic carboxylic acids is 1. The van der Waals surface area contributed by atoms with E-state index in [0.29, 0.717) is 12.8 Å². The third-order valence-corrected chi connectivity index (χ3v) is 4.12. The Morgan fingerprint density at radius 3 is 2.80 bits per heavy atom. The van der Waals surface area contributed by atoms with Gasteiger partial charge in [0.15, 0.2) is 0 Å². The van der Waals surface area contributed by atoms with E-state index in [1.165, 1.54) is 12.1 Å². The molecule has 0 bridgehead atoms. The van der Waals surface area contributed by atoms with E-state index in [9.17, 15) is 19.1 Å². The Kier molecular flexibility index (Phi) is 3.79. The summed E-state index contributed by atoms with van der Waals surface area (Å²) in [6.07, 6.45) is 1.86. The predicted octanol–water partition coefficient (Wildman–Crippen LogP) is 2.51. The molecule has 5 heteroatoms. The van der Waals surface area contributed by atoms with Gasteiger partial charge in [0.1, 0.15) is 5.82 Å². The number of carbonyl (C=O) groups is 2. The third kappa shape index (κ3) is 2.53. The number of carboxylic acid groups (broad SMARTS) is 1. The Bertz CT molecular complexity index is 558.